The first-order valence-corrected chi connectivity index (χ1v) is 15.5. The summed E-state index contributed by atoms with van der Waals surface area (Å²) in [7, 11) is 0. The minimum absolute atomic E-state index is 0.0355. The number of para-hydroxylation sites is 2. The number of aliphatic hydroxyl groups is 1. The lowest BCUT2D eigenvalue weighted by Crippen LogP contribution is -2.29. The maximum atomic E-state index is 9.25. The van der Waals surface area contributed by atoms with E-state index in [0.29, 0.717) is 19.0 Å². The highest BCUT2D eigenvalue weighted by molar-refractivity contribution is 5.87. The van der Waals surface area contributed by atoms with Gasteiger partial charge in [-0.05, 0) is 73.4 Å². The van der Waals surface area contributed by atoms with Gasteiger partial charge >= 0.3 is 0 Å². The molecule has 0 spiro atoms. The van der Waals surface area contributed by atoms with Crippen LogP contribution in [0, 0.1) is 0 Å². The first-order chi connectivity index (χ1) is 21.5. The summed E-state index contributed by atoms with van der Waals surface area (Å²) in [4.78, 5) is 10.5. The highest BCUT2D eigenvalue weighted by Crippen LogP contribution is 2.55. The molecule has 0 bridgehead atoms. The normalized spacial score (nSPS) is 15.6. The highest BCUT2D eigenvalue weighted by Gasteiger charge is 2.48. The van der Waals surface area contributed by atoms with Crippen LogP contribution >= 0.6 is 0 Å². The Balaban J connectivity index is 1.40. The average molecular weight is 589 g/mol. The predicted molar refractivity (Wildman–Crippen MR) is 174 cm³/mol. The fraction of sp³-hybridized carbons (Fsp3) is 0.316. The maximum Gasteiger partial charge on any atom is 0.119 e. The summed E-state index contributed by atoms with van der Waals surface area (Å²) in [5.41, 5.74) is 6.99. The van der Waals surface area contributed by atoms with Crippen molar-refractivity contribution in [1.29, 1.82) is 0 Å². The molecule has 0 saturated carbocycles. The van der Waals surface area contributed by atoms with Gasteiger partial charge in [-0.3, -0.25) is 0 Å². The SMILES string of the molecule is CCCCC(C)(C)OCCOc1ccc(C2(c3ccc(OCCO)cc3)c3ccccc3-c3nc4ccccc4nc32)cc1. The summed E-state index contributed by atoms with van der Waals surface area (Å²) in [5, 5.41) is 9.25. The van der Waals surface area contributed by atoms with Gasteiger partial charge in [0.25, 0.3) is 0 Å². The van der Waals surface area contributed by atoms with Crippen molar-refractivity contribution in [3.63, 3.8) is 0 Å². The molecule has 0 fully saturated rings. The maximum absolute atomic E-state index is 9.25. The van der Waals surface area contributed by atoms with Crippen molar-refractivity contribution in [3.8, 4) is 22.8 Å². The molecule has 4 aromatic carbocycles. The van der Waals surface area contributed by atoms with Gasteiger partial charge in [0.05, 0.1) is 46.7 Å². The van der Waals surface area contributed by atoms with Gasteiger partial charge in [-0.15, -0.1) is 0 Å². The molecule has 6 heteroatoms. The quantitative estimate of drug-likeness (QED) is 0.139. The van der Waals surface area contributed by atoms with Crippen molar-refractivity contribution in [2.45, 2.75) is 51.0 Å². The van der Waals surface area contributed by atoms with Crippen LogP contribution in [-0.2, 0) is 10.2 Å². The second-order valence-corrected chi connectivity index (χ2v) is 11.9. The number of unbranched alkanes of at least 4 members (excludes halogenated alkanes) is 1. The average Bonchev–Trinajstić information content (AvgIpc) is 3.34. The van der Waals surface area contributed by atoms with E-state index in [-0.39, 0.29) is 18.8 Å². The Morgan fingerprint density at radius 2 is 1.30 bits per heavy atom. The lowest BCUT2D eigenvalue weighted by molar-refractivity contribution is -0.0360. The van der Waals surface area contributed by atoms with Gasteiger partial charge in [-0.2, -0.15) is 0 Å². The molecular weight excluding hydrogens is 548 g/mol. The zero-order chi connectivity index (χ0) is 30.6. The number of benzene rings is 4. The summed E-state index contributed by atoms with van der Waals surface area (Å²) in [6.45, 7) is 7.72. The molecule has 0 radical (unpaired) electrons. The van der Waals surface area contributed by atoms with Crippen LogP contribution in [-0.4, -0.2) is 47.1 Å². The van der Waals surface area contributed by atoms with E-state index in [2.05, 4.69) is 69.3 Å². The summed E-state index contributed by atoms with van der Waals surface area (Å²) >= 11 is 0. The molecule has 6 rings (SSSR count). The number of hydrogen-bond acceptors (Lipinski definition) is 6. The molecule has 226 valence electrons. The molecule has 1 N–H and O–H groups in total. The summed E-state index contributed by atoms with van der Waals surface area (Å²) in [6.07, 6.45) is 3.35. The molecule has 1 aromatic heterocycles. The van der Waals surface area contributed by atoms with E-state index in [0.717, 1.165) is 69.7 Å². The number of nitrogens with zero attached hydrogens (tertiary/aromatic N) is 2. The van der Waals surface area contributed by atoms with E-state index >= 15 is 0 Å². The van der Waals surface area contributed by atoms with Gasteiger partial charge in [-0.25, -0.2) is 9.97 Å². The Morgan fingerprint density at radius 3 is 1.93 bits per heavy atom. The fourth-order valence-corrected chi connectivity index (χ4v) is 6.26. The monoisotopic (exact) mass is 588 g/mol. The van der Waals surface area contributed by atoms with Gasteiger partial charge in [0, 0.05) is 5.56 Å². The molecule has 0 saturated heterocycles. The van der Waals surface area contributed by atoms with Gasteiger partial charge in [0.15, 0.2) is 0 Å². The summed E-state index contributed by atoms with van der Waals surface area (Å²) in [5.74, 6) is 1.50. The third-order valence-electron chi connectivity index (χ3n) is 8.42. The van der Waals surface area contributed by atoms with Crippen molar-refractivity contribution < 1.29 is 19.3 Å². The zero-order valence-electron chi connectivity index (χ0n) is 25.8. The van der Waals surface area contributed by atoms with Crippen LogP contribution in [0.2, 0.25) is 0 Å². The second-order valence-electron chi connectivity index (χ2n) is 11.9. The molecule has 44 heavy (non-hydrogen) atoms. The van der Waals surface area contributed by atoms with Gasteiger partial charge < -0.3 is 19.3 Å². The van der Waals surface area contributed by atoms with Crippen LogP contribution in [0.1, 0.15) is 62.4 Å². The smallest absolute Gasteiger partial charge is 0.119 e. The van der Waals surface area contributed by atoms with Crippen LogP contribution in [0.5, 0.6) is 11.5 Å². The largest absolute Gasteiger partial charge is 0.491 e. The van der Waals surface area contributed by atoms with Crippen molar-refractivity contribution in [1.82, 2.24) is 9.97 Å². The molecule has 1 atom stereocenters. The highest BCUT2D eigenvalue weighted by atomic mass is 16.5. The molecule has 5 aromatic rings. The van der Waals surface area contributed by atoms with Crippen LogP contribution in [0.15, 0.2) is 97.1 Å². The molecule has 1 aliphatic carbocycles. The van der Waals surface area contributed by atoms with Crippen LogP contribution < -0.4 is 9.47 Å². The van der Waals surface area contributed by atoms with E-state index in [1.807, 2.05) is 48.5 Å². The minimum atomic E-state index is -0.705. The number of aliphatic hydroxyl groups excluding tert-OH is 1. The van der Waals surface area contributed by atoms with Crippen LogP contribution in [0.25, 0.3) is 22.3 Å². The number of fused-ring (bicyclic) bond motifs is 4. The van der Waals surface area contributed by atoms with Crippen LogP contribution in [0.4, 0.5) is 0 Å². The van der Waals surface area contributed by atoms with Crippen molar-refractivity contribution in [3.05, 3.63) is 119 Å². The third kappa shape index (κ3) is 5.68. The first-order valence-electron chi connectivity index (χ1n) is 15.5. The molecule has 1 unspecified atom stereocenters. The molecule has 0 amide bonds. The molecule has 1 aliphatic rings. The van der Waals surface area contributed by atoms with E-state index in [1.165, 1.54) is 0 Å². The Labute approximate surface area is 259 Å². The van der Waals surface area contributed by atoms with Gasteiger partial charge in [0.1, 0.15) is 24.7 Å². The predicted octanol–water partition coefficient (Wildman–Crippen LogP) is 7.73. The zero-order valence-corrected chi connectivity index (χ0v) is 25.8. The van der Waals surface area contributed by atoms with E-state index in [1.54, 1.807) is 0 Å². The lowest BCUT2D eigenvalue weighted by Gasteiger charge is -2.32. The molecule has 6 nitrogen and oxygen atoms in total. The Morgan fingerprint density at radius 1 is 0.705 bits per heavy atom. The Kier molecular flexibility index (Phi) is 8.65. The number of hydrogen-bond donors (Lipinski definition) is 1. The Bertz CT molecular complexity index is 1720. The first kappa shape index (κ1) is 29.8. The van der Waals surface area contributed by atoms with E-state index in [4.69, 9.17) is 24.2 Å². The van der Waals surface area contributed by atoms with Gasteiger partial charge in [-0.1, -0.05) is 80.4 Å². The fourth-order valence-electron chi connectivity index (χ4n) is 6.26. The Hall–Kier alpha value is -4.26. The molecule has 1 heterocycles. The minimum Gasteiger partial charge on any atom is -0.491 e. The molecular formula is C38H40N2O4. The van der Waals surface area contributed by atoms with Crippen molar-refractivity contribution >= 4 is 11.0 Å². The third-order valence-corrected chi connectivity index (χ3v) is 8.42. The van der Waals surface area contributed by atoms with Crippen molar-refractivity contribution in [2.75, 3.05) is 26.4 Å². The number of aromatic nitrogens is 2. The summed E-state index contributed by atoms with van der Waals surface area (Å²) in [6, 6.07) is 32.9. The summed E-state index contributed by atoms with van der Waals surface area (Å²) < 4.78 is 17.9. The number of ether oxygens (including phenoxy) is 3. The second kappa shape index (κ2) is 12.8. The topological polar surface area (TPSA) is 73.7 Å². The standard InChI is InChI=1S/C38H40N2O4/c1-4-5-22-37(2,3)44-26-25-43-30-20-16-28(17-21-30)38(27-14-18-29(19-15-27)42-24-23-41)32-11-7-6-10-31(32)35-36(38)40-34-13-9-8-12-33(34)39-35/h6-21,41H,4-5,22-26H2,1-3H3. The van der Waals surface area contributed by atoms with Gasteiger partial charge in [0.2, 0.25) is 0 Å². The number of rotatable bonds is 13. The lowest BCUT2D eigenvalue weighted by atomic mass is 9.69. The van der Waals surface area contributed by atoms with E-state index in [9.17, 15) is 5.11 Å². The molecule has 0 aliphatic heterocycles. The van der Waals surface area contributed by atoms with Crippen molar-refractivity contribution in [2.24, 2.45) is 0 Å². The van der Waals surface area contributed by atoms with E-state index < -0.39 is 5.41 Å². The van der Waals surface area contributed by atoms with Crippen LogP contribution in [0.3, 0.4) is 0 Å².